The number of hydrogen-bond donors (Lipinski definition) is 0. The van der Waals surface area contributed by atoms with Gasteiger partial charge in [-0.25, -0.2) is 0 Å². The van der Waals surface area contributed by atoms with Crippen LogP contribution in [-0.4, -0.2) is 55.8 Å². The van der Waals surface area contributed by atoms with E-state index in [0.717, 1.165) is 11.1 Å². The quantitative estimate of drug-likeness (QED) is 0.563. The van der Waals surface area contributed by atoms with Crippen LogP contribution in [0.3, 0.4) is 0 Å². The number of likely N-dealkylation sites (tertiary alicyclic amines) is 1. The first kappa shape index (κ1) is 21.1. The summed E-state index contributed by atoms with van der Waals surface area (Å²) in [4.78, 5) is 39.9. The van der Waals surface area contributed by atoms with Crippen LogP contribution in [0.4, 0.5) is 0 Å². The molecular weight excluding hydrogens is 370 g/mol. The second-order valence-electron chi connectivity index (χ2n) is 7.89. The van der Waals surface area contributed by atoms with Crippen molar-refractivity contribution >= 4 is 17.5 Å². The molecule has 154 valence electrons. The fourth-order valence-electron chi connectivity index (χ4n) is 4.47. The van der Waals surface area contributed by atoms with Gasteiger partial charge in [-0.3, -0.25) is 14.4 Å². The number of methoxy groups -OCH3 is 1. The molecular formula is C23H27NO5. The van der Waals surface area contributed by atoms with Crippen LogP contribution in [0.15, 0.2) is 12.1 Å². The molecule has 1 saturated carbocycles. The van der Waals surface area contributed by atoms with Crippen LogP contribution in [0.2, 0.25) is 0 Å². The van der Waals surface area contributed by atoms with Crippen LogP contribution in [-0.2, 0) is 19.1 Å². The lowest BCUT2D eigenvalue weighted by atomic mass is 9.63. The van der Waals surface area contributed by atoms with E-state index in [4.69, 9.17) is 9.47 Å². The summed E-state index contributed by atoms with van der Waals surface area (Å²) in [5.74, 6) is 5.25. The molecule has 6 nitrogen and oxygen atoms in total. The Hall–Kier alpha value is -2.65. The lowest BCUT2D eigenvalue weighted by molar-refractivity contribution is -0.157. The maximum absolute atomic E-state index is 13.1. The number of amides is 1. The summed E-state index contributed by atoms with van der Waals surface area (Å²) in [5.41, 5.74) is 1.83. The lowest BCUT2D eigenvalue weighted by Gasteiger charge is -2.52. The van der Waals surface area contributed by atoms with E-state index in [1.807, 2.05) is 19.9 Å². The van der Waals surface area contributed by atoms with Crippen LogP contribution in [0, 0.1) is 24.2 Å². The molecule has 0 radical (unpaired) electrons. The maximum Gasteiger partial charge on any atom is 0.248 e. The minimum absolute atomic E-state index is 0.0422. The second-order valence-corrected chi connectivity index (χ2v) is 7.89. The number of carbonyl (C=O) groups is 3. The molecule has 1 amide bonds. The molecule has 3 rings (SSSR count). The molecule has 1 spiro atoms. The van der Waals surface area contributed by atoms with Crippen molar-refractivity contribution < 1.29 is 23.9 Å². The van der Waals surface area contributed by atoms with Crippen molar-refractivity contribution in [2.45, 2.75) is 39.5 Å². The molecule has 0 atom stereocenters. The topological polar surface area (TPSA) is 72.9 Å². The van der Waals surface area contributed by atoms with E-state index < -0.39 is 11.3 Å². The highest BCUT2D eigenvalue weighted by molar-refractivity contribution is 6.11. The zero-order valence-electron chi connectivity index (χ0n) is 17.5. The van der Waals surface area contributed by atoms with E-state index in [0.29, 0.717) is 43.9 Å². The number of hydrogen-bond acceptors (Lipinski definition) is 5. The predicted octanol–water partition coefficient (Wildman–Crippen LogP) is 2.26. The van der Waals surface area contributed by atoms with Crippen LogP contribution in [0.25, 0.3) is 0 Å². The molecule has 0 aromatic heterocycles. The third kappa shape index (κ3) is 4.06. The average Bonchev–Trinajstić information content (AvgIpc) is 2.64. The fraction of sp³-hybridized carbons (Fsp3) is 0.522. The Morgan fingerprint density at radius 3 is 2.45 bits per heavy atom. The Labute approximate surface area is 171 Å². The molecule has 1 saturated heterocycles. The van der Waals surface area contributed by atoms with Gasteiger partial charge in [0.25, 0.3) is 0 Å². The van der Waals surface area contributed by atoms with Crippen LogP contribution in [0.5, 0.6) is 5.75 Å². The number of aryl methyl sites for hydroxylation is 1. The predicted molar refractivity (Wildman–Crippen MR) is 108 cm³/mol. The van der Waals surface area contributed by atoms with Gasteiger partial charge >= 0.3 is 0 Å². The van der Waals surface area contributed by atoms with Crippen molar-refractivity contribution in [3.8, 4) is 17.6 Å². The third-order valence-corrected chi connectivity index (χ3v) is 5.70. The zero-order valence-corrected chi connectivity index (χ0v) is 17.5. The van der Waals surface area contributed by atoms with E-state index in [1.54, 1.807) is 17.9 Å². The van der Waals surface area contributed by atoms with Gasteiger partial charge in [-0.15, -0.1) is 5.92 Å². The molecule has 1 aliphatic carbocycles. The number of Topliss-reactive ketones (excluding diaryl/α,β-unsaturated/α-hetero) is 2. The van der Waals surface area contributed by atoms with Crippen molar-refractivity contribution in [1.29, 1.82) is 0 Å². The van der Waals surface area contributed by atoms with Crippen LogP contribution < -0.4 is 4.74 Å². The zero-order chi connectivity index (χ0) is 21.2. The molecule has 0 bridgehead atoms. The van der Waals surface area contributed by atoms with Gasteiger partial charge < -0.3 is 14.4 Å². The average molecular weight is 397 g/mol. The van der Waals surface area contributed by atoms with Gasteiger partial charge in [0.2, 0.25) is 5.91 Å². The summed E-state index contributed by atoms with van der Waals surface area (Å²) in [5, 5.41) is 0. The highest BCUT2D eigenvalue weighted by Crippen LogP contribution is 2.47. The van der Waals surface area contributed by atoms with E-state index >= 15 is 0 Å². The van der Waals surface area contributed by atoms with Crippen LogP contribution >= 0.6 is 0 Å². The maximum atomic E-state index is 13.1. The highest BCUT2D eigenvalue weighted by atomic mass is 16.5. The number of ether oxygens (including phenoxy) is 2. The van der Waals surface area contributed by atoms with Gasteiger partial charge in [0.15, 0.2) is 0 Å². The lowest BCUT2D eigenvalue weighted by Crippen LogP contribution is -2.62. The van der Waals surface area contributed by atoms with Crippen molar-refractivity contribution in [2.24, 2.45) is 5.41 Å². The van der Waals surface area contributed by atoms with Crippen molar-refractivity contribution in [2.75, 3.05) is 33.4 Å². The van der Waals surface area contributed by atoms with Gasteiger partial charge in [-0.05, 0) is 38.5 Å². The van der Waals surface area contributed by atoms with E-state index in [-0.39, 0.29) is 24.1 Å². The van der Waals surface area contributed by atoms with Gasteiger partial charge in [-0.1, -0.05) is 5.92 Å². The second kappa shape index (κ2) is 8.38. The van der Waals surface area contributed by atoms with Crippen molar-refractivity contribution in [3.63, 3.8) is 0 Å². The summed E-state index contributed by atoms with van der Waals surface area (Å²) in [6, 6.07) is 3.66. The Bertz CT molecular complexity index is 882. The summed E-state index contributed by atoms with van der Waals surface area (Å²) in [6.45, 7) is 6.86. The normalized spacial score (nSPS) is 18.3. The van der Waals surface area contributed by atoms with Crippen molar-refractivity contribution in [3.05, 3.63) is 28.8 Å². The van der Waals surface area contributed by atoms with Crippen molar-refractivity contribution in [1.82, 2.24) is 4.90 Å². The summed E-state index contributed by atoms with van der Waals surface area (Å²) in [7, 11) is 1.54. The minimum atomic E-state index is -0.813. The molecule has 0 unspecified atom stereocenters. The van der Waals surface area contributed by atoms with Gasteiger partial charge in [0.05, 0.1) is 7.11 Å². The molecule has 1 aliphatic heterocycles. The van der Waals surface area contributed by atoms with Crippen LogP contribution in [0.1, 0.15) is 49.3 Å². The standard InChI is InChI=1S/C23H27NO5/c1-5-7-16-8-15(3)21(19(9-16)28-4)22-17(25)10-23(11-18(22)26)13-24(14-23)20(27)12-29-6-2/h8-9,22H,6,10-14H2,1-4H3. The smallest absolute Gasteiger partial charge is 0.248 e. The monoisotopic (exact) mass is 397 g/mol. The number of carbonyl (C=O) groups excluding carboxylic acids is 3. The van der Waals surface area contributed by atoms with E-state index in [9.17, 15) is 14.4 Å². The van der Waals surface area contributed by atoms with Gasteiger partial charge in [-0.2, -0.15) is 0 Å². The summed E-state index contributed by atoms with van der Waals surface area (Å²) in [6.07, 6.45) is 0.585. The van der Waals surface area contributed by atoms with Gasteiger partial charge in [0.1, 0.15) is 29.8 Å². The highest BCUT2D eigenvalue weighted by Gasteiger charge is 2.53. The first-order chi connectivity index (χ1) is 13.8. The summed E-state index contributed by atoms with van der Waals surface area (Å²) < 4.78 is 10.7. The third-order valence-electron chi connectivity index (χ3n) is 5.70. The van der Waals surface area contributed by atoms with Gasteiger partial charge in [0, 0.05) is 49.1 Å². The molecule has 2 aliphatic rings. The SMILES string of the molecule is CC#Cc1cc(C)c(C2C(=O)CC3(CC2=O)CN(C(=O)COCC)C3)c(OC)c1. The Morgan fingerprint density at radius 2 is 1.90 bits per heavy atom. The first-order valence-corrected chi connectivity index (χ1v) is 9.86. The number of ketones is 2. The Morgan fingerprint density at radius 1 is 1.24 bits per heavy atom. The van der Waals surface area contributed by atoms with E-state index in [2.05, 4.69) is 11.8 Å². The molecule has 1 aromatic carbocycles. The molecule has 0 N–H and O–H groups in total. The molecule has 1 aromatic rings. The fourth-order valence-corrected chi connectivity index (χ4v) is 4.47. The first-order valence-electron chi connectivity index (χ1n) is 9.86. The minimum Gasteiger partial charge on any atom is -0.496 e. The molecule has 1 heterocycles. The number of benzene rings is 1. The number of nitrogens with zero attached hydrogens (tertiary/aromatic N) is 1. The molecule has 29 heavy (non-hydrogen) atoms. The number of rotatable bonds is 5. The van der Waals surface area contributed by atoms with E-state index in [1.165, 1.54) is 7.11 Å². The Kier molecular flexibility index (Phi) is 6.09. The molecule has 2 fully saturated rings. The largest absolute Gasteiger partial charge is 0.496 e. The Balaban J connectivity index is 1.79. The molecule has 6 heteroatoms. The summed E-state index contributed by atoms with van der Waals surface area (Å²) >= 11 is 0.